The van der Waals surface area contributed by atoms with Gasteiger partial charge in [0.1, 0.15) is 18.3 Å². The van der Waals surface area contributed by atoms with Crippen molar-refractivity contribution in [3.05, 3.63) is 0 Å². The van der Waals surface area contributed by atoms with E-state index < -0.39 is 6.10 Å². The second kappa shape index (κ2) is 8.23. The van der Waals surface area contributed by atoms with Gasteiger partial charge in [-0.3, -0.25) is 0 Å². The molecule has 0 aromatic rings. The molecule has 1 unspecified atom stereocenters. The Hall–Kier alpha value is -0.280. The van der Waals surface area contributed by atoms with E-state index in [0.29, 0.717) is 26.4 Å². The molecule has 2 aliphatic heterocycles. The highest BCUT2D eigenvalue weighted by molar-refractivity contribution is 4.67. The predicted molar refractivity (Wildman–Crippen MR) is 68.2 cm³/mol. The number of rotatable bonds is 6. The normalized spacial score (nSPS) is 36.8. The highest BCUT2D eigenvalue weighted by Crippen LogP contribution is 2.12. The molecule has 20 heavy (non-hydrogen) atoms. The number of ether oxygens (including phenoxy) is 6. The molecular weight excluding hydrogens is 268 g/mol. The zero-order valence-corrected chi connectivity index (χ0v) is 12.0. The highest BCUT2D eigenvalue weighted by Gasteiger charge is 2.25. The minimum Gasteiger partial charge on any atom is -0.394 e. The van der Waals surface area contributed by atoms with Crippen LogP contribution in [0.1, 0.15) is 13.8 Å². The largest absolute Gasteiger partial charge is 0.394 e. The van der Waals surface area contributed by atoms with Gasteiger partial charge in [0.2, 0.25) is 0 Å². The van der Waals surface area contributed by atoms with Gasteiger partial charge in [-0.25, -0.2) is 0 Å². The average Bonchev–Trinajstić information content (AvgIpc) is 2.47. The molecule has 2 fully saturated rings. The zero-order valence-electron chi connectivity index (χ0n) is 12.0. The fourth-order valence-electron chi connectivity index (χ4n) is 1.99. The molecule has 118 valence electrons. The SMILES string of the molecule is CC1OCC(OCC(CO)OC2COC(C)OC2)CO1. The molecule has 0 saturated carbocycles. The van der Waals surface area contributed by atoms with Gasteiger partial charge in [-0.2, -0.15) is 0 Å². The Bertz CT molecular complexity index is 259. The van der Waals surface area contributed by atoms with E-state index in [4.69, 9.17) is 28.4 Å². The van der Waals surface area contributed by atoms with Crippen LogP contribution in [-0.4, -0.2) is 75.6 Å². The Kier molecular flexibility index (Phi) is 6.63. The number of hydrogen-bond donors (Lipinski definition) is 1. The van der Waals surface area contributed by atoms with Crippen molar-refractivity contribution in [2.24, 2.45) is 0 Å². The van der Waals surface area contributed by atoms with Crippen LogP contribution in [-0.2, 0) is 28.4 Å². The van der Waals surface area contributed by atoms with Crippen LogP contribution in [0.25, 0.3) is 0 Å². The van der Waals surface area contributed by atoms with Crippen LogP contribution in [0, 0.1) is 0 Å². The predicted octanol–water partition coefficient (Wildman–Crippen LogP) is -0.0967. The summed E-state index contributed by atoms with van der Waals surface area (Å²) in [7, 11) is 0. The lowest BCUT2D eigenvalue weighted by molar-refractivity contribution is -0.244. The van der Waals surface area contributed by atoms with Crippen LogP contribution in [0.3, 0.4) is 0 Å². The molecule has 1 atom stereocenters. The maximum absolute atomic E-state index is 9.33. The van der Waals surface area contributed by atoms with Crippen molar-refractivity contribution in [1.29, 1.82) is 0 Å². The van der Waals surface area contributed by atoms with Gasteiger partial charge in [0.15, 0.2) is 12.6 Å². The van der Waals surface area contributed by atoms with E-state index in [1.54, 1.807) is 0 Å². The third-order valence-corrected chi connectivity index (χ3v) is 3.17. The summed E-state index contributed by atoms with van der Waals surface area (Å²) in [6.45, 7) is 5.77. The van der Waals surface area contributed by atoms with E-state index in [2.05, 4.69) is 0 Å². The van der Waals surface area contributed by atoms with Gasteiger partial charge in [0, 0.05) is 0 Å². The number of aliphatic hydroxyl groups is 1. The Morgan fingerprint density at radius 1 is 0.950 bits per heavy atom. The van der Waals surface area contributed by atoms with E-state index in [1.165, 1.54) is 0 Å². The smallest absolute Gasteiger partial charge is 0.155 e. The Labute approximate surface area is 119 Å². The molecule has 2 rings (SSSR count). The van der Waals surface area contributed by atoms with Gasteiger partial charge >= 0.3 is 0 Å². The van der Waals surface area contributed by atoms with Gasteiger partial charge < -0.3 is 33.5 Å². The molecular formula is C13H24O7. The van der Waals surface area contributed by atoms with E-state index in [9.17, 15) is 5.11 Å². The van der Waals surface area contributed by atoms with E-state index in [0.717, 1.165) is 0 Å². The Balaban J connectivity index is 1.64. The summed E-state index contributed by atoms with van der Waals surface area (Å²) in [4.78, 5) is 0. The first-order valence-corrected chi connectivity index (χ1v) is 7.01. The lowest BCUT2D eigenvalue weighted by Crippen LogP contribution is -2.42. The first kappa shape index (κ1) is 16.1. The number of hydrogen-bond acceptors (Lipinski definition) is 7. The fourth-order valence-corrected chi connectivity index (χ4v) is 1.99. The topological polar surface area (TPSA) is 75.6 Å². The molecule has 0 amide bonds. The monoisotopic (exact) mass is 292 g/mol. The third-order valence-electron chi connectivity index (χ3n) is 3.17. The van der Waals surface area contributed by atoms with E-state index >= 15 is 0 Å². The minimum atomic E-state index is -0.403. The second-order valence-electron chi connectivity index (χ2n) is 4.99. The molecule has 2 saturated heterocycles. The Morgan fingerprint density at radius 3 is 1.95 bits per heavy atom. The maximum atomic E-state index is 9.33. The van der Waals surface area contributed by atoms with Gasteiger partial charge in [0.05, 0.1) is 39.6 Å². The summed E-state index contributed by atoms with van der Waals surface area (Å²) >= 11 is 0. The van der Waals surface area contributed by atoms with Crippen molar-refractivity contribution in [3.8, 4) is 0 Å². The van der Waals surface area contributed by atoms with Crippen molar-refractivity contribution in [3.63, 3.8) is 0 Å². The first-order chi connectivity index (χ1) is 9.67. The van der Waals surface area contributed by atoms with Gasteiger partial charge in [-0.05, 0) is 13.8 Å². The molecule has 2 heterocycles. The Morgan fingerprint density at radius 2 is 1.45 bits per heavy atom. The van der Waals surface area contributed by atoms with Crippen LogP contribution >= 0.6 is 0 Å². The minimum absolute atomic E-state index is 0.114. The lowest BCUT2D eigenvalue weighted by Gasteiger charge is -2.31. The third kappa shape index (κ3) is 5.25. The quantitative estimate of drug-likeness (QED) is 0.733. The summed E-state index contributed by atoms with van der Waals surface area (Å²) in [6, 6.07) is 0. The van der Waals surface area contributed by atoms with E-state index in [1.807, 2.05) is 13.8 Å². The molecule has 0 bridgehead atoms. The molecule has 7 heteroatoms. The van der Waals surface area contributed by atoms with Gasteiger partial charge in [-0.15, -0.1) is 0 Å². The second-order valence-corrected chi connectivity index (χ2v) is 4.99. The van der Waals surface area contributed by atoms with Crippen molar-refractivity contribution in [2.45, 2.75) is 44.7 Å². The molecule has 0 aromatic heterocycles. The molecule has 1 N–H and O–H groups in total. The maximum Gasteiger partial charge on any atom is 0.155 e. The van der Waals surface area contributed by atoms with Crippen LogP contribution in [0.15, 0.2) is 0 Å². The fraction of sp³-hybridized carbons (Fsp3) is 1.00. The summed E-state index contributed by atoms with van der Waals surface area (Å²) in [6.07, 6.45) is -1.08. The molecule has 0 radical (unpaired) electrons. The summed E-state index contributed by atoms with van der Waals surface area (Å²) in [5.41, 5.74) is 0. The average molecular weight is 292 g/mol. The molecule has 0 spiro atoms. The highest BCUT2D eigenvalue weighted by atomic mass is 16.7. The van der Waals surface area contributed by atoms with Crippen molar-refractivity contribution in [1.82, 2.24) is 0 Å². The van der Waals surface area contributed by atoms with Gasteiger partial charge in [0.25, 0.3) is 0 Å². The lowest BCUT2D eigenvalue weighted by atomic mass is 10.3. The molecule has 0 aromatic carbocycles. The van der Waals surface area contributed by atoms with Crippen LogP contribution in [0.5, 0.6) is 0 Å². The van der Waals surface area contributed by atoms with Crippen molar-refractivity contribution < 1.29 is 33.5 Å². The van der Waals surface area contributed by atoms with E-state index in [-0.39, 0.29) is 38.0 Å². The zero-order chi connectivity index (χ0) is 14.4. The number of aliphatic hydroxyl groups excluding tert-OH is 1. The van der Waals surface area contributed by atoms with Crippen LogP contribution < -0.4 is 0 Å². The summed E-state index contributed by atoms with van der Waals surface area (Å²) in [5.74, 6) is 0. The standard InChI is InChI=1S/C13H24O7/c1-9-15-5-12(6-16-9)19-4-11(3-14)20-13-7-17-10(2)18-8-13/h9-14H,3-8H2,1-2H3. The summed E-state index contributed by atoms with van der Waals surface area (Å²) < 4.78 is 32.6. The molecule has 2 aliphatic rings. The van der Waals surface area contributed by atoms with Crippen molar-refractivity contribution in [2.75, 3.05) is 39.6 Å². The van der Waals surface area contributed by atoms with Gasteiger partial charge in [-0.1, -0.05) is 0 Å². The van der Waals surface area contributed by atoms with Crippen LogP contribution in [0.4, 0.5) is 0 Å². The van der Waals surface area contributed by atoms with Crippen molar-refractivity contribution >= 4 is 0 Å². The first-order valence-electron chi connectivity index (χ1n) is 7.01. The summed E-state index contributed by atoms with van der Waals surface area (Å²) in [5, 5.41) is 9.33. The molecule has 7 nitrogen and oxygen atoms in total. The van der Waals surface area contributed by atoms with Crippen LogP contribution in [0.2, 0.25) is 0 Å². The molecule has 0 aliphatic carbocycles.